The van der Waals surface area contributed by atoms with Crippen molar-refractivity contribution >= 4 is 23.3 Å². The van der Waals surface area contributed by atoms with Gasteiger partial charge in [-0.25, -0.2) is 0 Å². The largest absolute Gasteiger partial charge is 0.480 e. The topological polar surface area (TPSA) is 55.3 Å². The average Bonchev–Trinajstić information content (AvgIpc) is 2.58. The second kappa shape index (κ2) is 4.02. The highest BCUT2D eigenvalue weighted by Gasteiger charge is 2.30. The Labute approximate surface area is 92.0 Å². The molecule has 0 bridgehead atoms. The van der Waals surface area contributed by atoms with Crippen LogP contribution in [0.2, 0.25) is 0 Å². The molecule has 1 aromatic heterocycles. The number of amides is 1. The van der Waals surface area contributed by atoms with Crippen molar-refractivity contribution in [2.45, 2.75) is 11.8 Å². The predicted molar refractivity (Wildman–Crippen MR) is 55.2 cm³/mol. The van der Waals surface area contributed by atoms with E-state index in [0.717, 1.165) is 0 Å². The second-order valence-electron chi connectivity index (χ2n) is 3.24. The summed E-state index contributed by atoms with van der Waals surface area (Å²) in [5.74, 6) is 0.922. The van der Waals surface area contributed by atoms with Crippen molar-refractivity contribution in [3.63, 3.8) is 0 Å². The molecule has 1 aliphatic heterocycles. The summed E-state index contributed by atoms with van der Waals surface area (Å²) in [5.41, 5.74) is 0. The number of rotatable bonds is 2. The summed E-state index contributed by atoms with van der Waals surface area (Å²) in [6, 6.07) is 3.36. The van der Waals surface area contributed by atoms with E-state index in [9.17, 15) is 4.79 Å². The maximum absolute atomic E-state index is 11.5. The molecule has 1 fully saturated rings. The predicted octanol–water partition coefficient (Wildman–Crippen LogP) is 0.829. The molecule has 0 saturated carbocycles. The van der Waals surface area contributed by atoms with Gasteiger partial charge in [-0.05, 0) is 6.07 Å². The summed E-state index contributed by atoms with van der Waals surface area (Å²) >= 11 is 5.87. The highest BCUT2D eigenvalue weighted by atomic mass is 35.5. The fraction of sp³-hybridized carbons (Fsp3) is 0.444. The number of methoxy groups -OCH3 is 1. The van der Waals surface area contributed by atoms with Gasteiger partial charge in [-0.2, -0.15) is 0 Å². The van der Waals surface area contributed by atoms with Gasteiger partial charge in [0.05, 0.1) is 12.5 Å². The molecule has 0 aromatic carbocycles. The standard InChI is InChI=1S/C9H10ClN3O2/c1-15-8-3-2-7(11-12-8)13-5-6(10)4-9(13)14/h2-3,6H,4-5H2,1H3. The van der Waals surface area contributed by atoms with Crippen LogP contribution in [0.4, 0.5) is 5.82 Å². The zero-order valence-corrected chi connectivity index (χ0v) is 8.94. The van der Waals surface area contributed by atoms with Gasteiger partial charge in [0.1, 0.15) is 0 Å². The third kappa shape index (κ3) is 2.02. The number of halogens is 1. The fourth-order valence-corrected chi connectivity index (χ4v) is 1.72. The Morgan fingerprint density at radius 3 is 2.80 bits per heavy atom. The van der Waals surface area contributed by atoms with Crippen molar-refractivity contribution in [1.29, 1.82) is 0 Å². The average molecular weight is 228 g/mol. The molecular formula is C9H10ClN3O2. The van der Waals surface area contributed by atoms with Gasteiger partial charge < -0.3 is 4.74 Å². The van der Waals surface area contributed by atoms with Crippen LogP contribution in [0.25, 0.3) is 0 Å². The number of carbonyl (C=O) groups is 1. The summed E-state index contributed by atoms with van der Waals surface area (Å²) in [7, 11) is 1.51. The van der Waals surface area contributed by atoms with E-state index in [4.69, 9.17) is 16.3 Å². The fourth-order valence-electron chi connectivity index (χ4n) is 1.45. The van der Waals surface area contributed by atoms with Gasteiger partial charge in [0, 0.05) is 19.0 Å². The van der Waals surface area contributed by atoms with Gasteiger partial charge in [-0.3, -0.25) is 9.69 Å². The van der Waals surface area contributed by atoms with Crippen molar-refractivity contribution in [3.05, 3.63) is 12.1 Å². The first-order chi connectivity index (χ1) is 7.20. The Morgan fingerprint density at radius 1 is 1.53 bits per heavy atom. The minimum absolute atomic E-state index is 0.0190. The molecule has 0 aliphatic carbocycles. The number of carbonyl (C=O) groups excluding carboxylic acids is 1. The number of nitrogens with zero attached hydrogens (tertiary/aromatic N) is 3. The monoisotopic (exact) mass is 227 g/mol. The van der Waals surface area contributed by atoms with Gasteiger partial charge in [0.25, 0.3) is 0 Å². The number of ether oxygens (including phenoxy) is 1. The molecule has 15 heavy (non-hydrogen) atoms. The number of hydrogen-bond acceptors (Lipinski definition) is 4. The van der Waals surface area contributed by atoms with Crippen molar-refractivity contribution in [2.24, 2.45) is 0 Å². The van der Waals surface area contributed by atoms with Crippen molar-refractivity contribution < 1.29 is 9.53 Å². The van der Waals surface area contributed by atoms with Gasteiger partial charge >= 0.3 is 0 Å². The van der Waals surface area contributed by atoms with Crippen LogP contribution in [-0.2, 0) is 4.79 Å². The van der Waals surface area contributed by atoms with Crippen LogP contribution in [0.3, 0.4) is 0 Å². The molecule has 1 aromatic rings. The van der Waals surface area contributed by atoms with E-state index in [2.05, 4.69) is 10.2 Å². The van der Waals surface area contributed by atoms with E-state index in [1.165, 1.54) is 12.0 Å². The Morgan fingerprint density at radius 2 is 2.33 bits per heavy atom. The summed E-state index contributed by atoms with van der Waals surface area (Å²) in [5, 5.41) is 7.54. The molecule has 2 rings (SSSR count). The van der Waals surface area contributed by atoms with E-state index in [1.807, 2.05) is 0 Å². The molecule has 1 unspecified atom stereocenters. The van der Waals surface area contributed by atoms with Crippen LogP contribution in [0.1, 0.15) is 6.42 Å². The van der Waals surface area contributed by atoms with Gasteiger partial charge in [0.2, 0.25) is 11.8 Å². The van der Waals surface area contributed by atoms with Crippen molar-refractivity contribution in [3.8, 4) is 5.88 Å². The van der Waals surface area contributed by atoms with Crippen LogP contribution < -0.4 is 9.64 Å². The smallest absolute Gasteiger partial charge is 0.233 e. The molecule has 0 N–H and O–H groups in total. The molecule has 2 heterocycles. The maximum Gasteiger partial charge on any atom is 0.233 e. The molecule has 6 heteroatoms. The Hall–Kier alpha value is -1.36. The Bertz CT molecular complexity index is 368. The highest BCUT2D eigenvalue weighted by Crippen LogP contribution is 2.22. The SMILES string of the molecule is COc1ccc(N2CC(Cl)CC2=O)nn1. The van der Waals surface area contributed by atoms with E-state index in [0.29, 0.717) is 24.7 Å². The summed E-state index contributed by atoms with van der Waals surface area (Å²) in [6.07, 6.45) is 0.356. The molecule has 1 atom stereocenters. The molecular weight excluding hydrogens is 218 g/mol. The Balaban J connectivity index is 2.19. The molecule has 1 saturated heterocycles. The van der Waals surface area contributed by atoms with Crippen LogP contribution in [0.5, 0.6) is 5.88 Å². The highest BCUT2D eigenvalue weighted by molar-refractivity contribution is 6.24. The zero-order chi connectivity index (χ0) is 10.8. The molecule has 5 nitrogen and oxygen atoms in total. The first-order valence-corrected chi connectivity index (χ1v) is 4.96. The lowest BCUT2D eigenvalue weighted by Gasteiger charge is -2.13. The van der Waals surface area contributed by atoms with Gasteiger partial charge in [-0.15, -0.1) is 21.8 Å². The molecule has 1 aliphatic rings. The van der Waals surface area contributed by atoms with Crippen LogP contribution in [0, 0.1) is 0 Å². The third-order valence-corrected chi connectivity index (χ3v) is 2.48. The molecule has 0 spiro atoms. The van der Waals surface area contributed by atoms with Gasteiger partial charge in [-0.1, -0.05) is 0 Å². The molecule has 0 radical (unpaired) electrons. The van der Waals surface area contributed by atoms with E-state index >= 15 is 0 Å². The van der Waals surface area contributed by atoms with E-state index < -0.39 is 0 Å². The summed E-state index contributed by atoms with van der Waals surface area (Å²) in [4.78, 5) is 13.0. The third-order valence-electron chi connectivity index (χ3n) is 2.19. The number of anilines is 1. The molecule has 80 valence electrons. The molecule has 1 amide bonds. The summed E-state index contributed by atoms with van der Waals surface area (Å²) < 4.78 is 4.88. The van der Waals surface area contributed by atoms with E-state index in [-0.39, 0.29) is 11.3 Å². The van der Waals surface area contributed by atoms with Crippen LogP contribution >= 0.6 is 11.6 Å². The number of alkyl halides is 1. The normalized spacial score (nSPS) is 20.8. The van der Waals surface area contributed by atoms with Gasteiger partial charge in [0.15, 0.2) is 5.82 Å². The minimum atomic E-state index is -0.138. The van der Waals surface area contributed by atoms with Crippen LogP contribution in [-0.4, -0.2) is 35.1 Å². The quantitative estimate of drug-likeness (QED) is 0.703. The van der Waals surface area contributed by atoms with Crippen molar-refractivity contribution in [2.75, 3.05) is 18.6 Å². The first kappa shape index (κ1) is 10.2. The van der Waals surface area contributed by atoms with E-state index in [1.54, 1.807) is 12.1 Å². The second-order valence-corrected chi connectivity index (χ2v) is 3.86. The lowest BCUT2D eigenvalue weighted by Crippen LogP contribution is -2.25. The lowest BCUT2D eigenvalue weighted by molar-refractivity contribution is -0.117. The van der Waals surface area contributed by atoms with Crippen LogP contribution in [0.15, 0.2) is 12.1 Å². The Kier molecular flexibility index (Phi) is 2.73. The number of hydrogen-bond donors (Lipinski definition) is 0. The minimum Gasteiger partial charge on any atom is -0.480 e. The summed E-state index contributed by atoms with van der Waals surface area (Å²) in [6.45, 7) is 0.487. The maximum atomic E-state index is 11.5. The number of aromatic nitrogens is 2. The lowest BCUT2D eigenvalue weighted by atomic mass is 10.4. The first-order valence-electron chi connectivity index (χ1n) is 4.53. The van der Waals surface area contributed by atoms with Crippen molar-refractivity contribution in [1.82, 2.24) is 10.2 Å². The zero-order valence-electron chi connectivity index (χ0n) is 8.18.